The zero-order valence-electron chi connectivity index (χ0n) is 4.74. The van der Waals surface area contributed by atoms with Crippen molar-refractivity contribution in [2.24, 2.45) is 0 Å². The van der Waals surface area contributed by atoms with Gasteiger partial charge in [-0.2, -0.15) is 0 Å². The second-order valence-electron chi connectivity index (χ2n) is 2.38. The van der Waals surface area contributed by atoms with Crippen LogP contribution < -0.4 is 0 Å². The predicted octanol–water partition coefficient (Wildman–Crippen LogP) is 2.36. The van der Waals surface area contributed by atoms with Gasteiger partial charge in [0, 0.05) is 5.82 Å². The van der Waals surface area contributed by atoms with E-state index in [1.807, 2.05) is 0 Å². The molecule has 0 heterocycles. The molecule has 0 amide bonds. The Morgan fingerprint density at radius 3 is 1.88 bits per heavy atom. The highest BCUT2D eigenvalue weighted by molar-refractivity contribution is 6.44. The smallest absolute Gasteiger partial charge is 0.287 e. The average molecular weight is 118 g/mol. The van der Waals surface area contributed by atoms with Gasteiger partial charge in [0.2, 0.25) is 0 Å². The molecule has 8 heavy (non-hydrogen) atoms. The number of hydrogen-bond donors (Lipinski definition) is 0. The van der Waals surface area contributed by atoms with Gasteiger partial charge in [-0.25, -0.2) is 0 Å². The molecule has 0 aromatic heterocycles. The molecule has 0 N–H and O–H groups in total. The molecule has 0 aliphatic heterocycles. The molecule has 46 valence electrons. The Bertz CT molecular complexity index is 68.8. The Hall–Kier alpha value is -0.0751. The molecule has 3 heteroatoms. The molecule has 1 fully saturated rings. The molecule has 0 spiro atoms. The van der Waals surface area contributed by atoms with Gasteiger partial charge < -0.3 is 0 Å². The van der Waals surface area contributed by atoms with Crippen molar-refractivity contribution < 1.29 is 8.63 Å². The first-order chi connectivity index (χ1) is 3.80. The molecule has 0 atom stereocenters. The quantitative estimate of drug-likeness (QED) is 0.463. The minimum Gasteiger partial charge on any atom is -0.287 e. The van der Waals surface area contributed by atoms with Crippen LogP contribution in [-0.4, -0.2) is 7.27 Å². The van der Waals surface area contributed by atoms with E-state index < -0.39 is 7.27 Å². The molecular weight excluding hydrogens is 109 g/mol. The van der Waals surface area contributed by atoms with Crippen molar-refractivity contribution in [3.8, 4) is 0 Å². The monoisotopic (exact) mass is 118 g/mol. The van der Waals surface area contributed by atoms with Crippen molar-refractivity contribution in [3.05, 3.63) is 0 Å². The van der Waals surface area contributed by atoms with Gasteiger partial charge in [0.05, 0.1) is 0 Å². The highest BCUT2D eigenvalue weighted by atomic mass is 19.2. The van der Waals surface area contributed by atoms with Crippen molar-refractivity contribution in [1.82, 2.24) is 0 Å². The van der Waals surface area contributed by atoms with Crippen LogP contribution in [0.3, 0.4) is 0 Å². The topological polar surface area (TPSA) is 0 Å². The molecule has 0 saturated heterocycles. The van der Waals surface area contributed by atoms with E-state index in [2.05, 4.69) is 0 Å². The molecule has 0 bridgehead atoms. The van der Waals surface area contributed by atoms with Crippen LogP contribution in [0.5, 0.6) is 0 Å². The van der Waals surface area contributed by atoms with Crippen LogP contribution in [0.4, 0.5) is 8.63 Å². The molecule has 0 nitrogen and oxygen atoms in total. The molecule has 1 aliphatic carbocycles. The first-order valence-electron chi connectivity index (χ1n) is 3.09. The Morgan fingerprint density at radius 1 is 1.12 bits per heavy atom. The summed E-state index contributed by atoms with van der Waals surface area (Å²) in [5.74, 6) is -0.269. The summed E-state index contributed by atoms with van der Waals surface area (Å²) >= 11 is 0. The summed E-state index contributed by atoms with van der Waals surface area (Å²) in [5.41, 5.74) is 0. The summed E-state index contributed by atoms with van der Waals surface area (Å²) in [5, 5.41) is 0. The lowest BCUT2D eigenvalue weighted by Crippen LogP contribution is -2.04. The third-order valence-electron chi connectivity index (χ3n) is 1.76. The van der Waals surface area contributed by atoms with Gasteiger partial charge in [-0.3, -0.25) is 8.63 Å². The summed E-state index contributed by atoms with van der Waals surface area (Å²) in [6, 6.07) is 0. The lowest BCUT2D eigenvalue weighted by Gasteiger charge is -1.99. The molecule has 0 aromatic carbocycles. The molecule has 1 aliphatic rings. The SMILES string of the molecule is FB(F)C1CCCC1. The summed E-state index contributed by atoms with van der Waals surface area (Å²) in [7, 11) is -2.06. The number of rotatable bonds is 1. The average Bonchev–Trinajstić information content (AvgIpc) is 2.12. The van der Waals surface area contributed by atoms with Crippen LogP contribution in [0.15, 0.2) is 0 Å². The van der Waals surface area contributed by atoms with E-state index in [1.54, 1.807) is 0 Å². The van der Waals surface area contributed by atoms with Gasteiger partial charge in [0.1, 0.15) is 0 Å². The van der Waals surface area contributed by atoms with E-state index in [-0.39, 0.29) is 5.82 Å². The van der Waals surface area contributed by atoms with Crippen LogP contribution in [0.25, 0.3) is 0 Å². The standard InChI is InChI=1S/C5H9BF2/c7-6(8)5-3-1-2-4-5/h5H,1-4H2. The van der Waals surface area contributed by atoms with Crippen molar-refractivity contribution in [2.45, 2.75) is 31.5 Å². The fourth-order valence-electron chi connectivity index (χ4n) is 1.21. The fraction of sp³-hybridized carbons (Fsp3) is 1.00. The third-order valence-corrected chi connectivity index (χ3v) is 1.76. The third kappa shape index (κ3) is 1.20. The second-order valence-corrected chi connectivity index (χ2v) is 2.38. The zero-order valence-corrected chi connectivity index (χ0v) is 4.74. The van der Waals surface area contributed by atoms with Gasteiger partial charge in [-0.15, -0.1) is 0 Å². The number of hydrogen-bond acceptors (Lipinski definition) is 0. The van der Waals surface area contributed by atoms with E-state index in [0.717, 1.165) is 25.7 Å². The minimum atomic E-state index is -2.06. The minimum absolute atomic E-state index is 0.269. The summed E-state index contributed by atoms with van der Waals surface area (Å²) in [6.45, 7) is 0. The Morgan fingerprint density at radius 2 is 1.62 bits per heavy atom. The maximum Gasteiger partial charge on any atom is 0.541 e. The Balaban J connectivity index is 2.24. The van der Waals surface area contributed by atoms with E-state index in [1.165, 1.54) is 0 Å². The van der Waals surface area contributed by atoms with Crippen molar-refractivity contribution in [3.63, 3.8) is 0 Å². The lowest BCUT2D eigenvalue weighted by atomic mass is 9.77. The van der Waals surface area contributed by atoms with Crippen LogP contribution in [0, 0.1) is 0 Å². The van der Waals surface area contributed by atoms with Crippen molar-refractivity contribution in [2.75, 3.05) is 0 Å². The largest absolute Gasteiger partial charge is 0.541 e. The molecule has 0 aromatic rings. The van der Waals surface area contributed by atoms with Crippen molar-refractivity contribution >= 4 is 7.27 Å². The molecule has 1 rings (SSSR count). The fourth-order valence-corrected chi connectivity index (χ4v) is 1.21. The van der Waals surface area contributed by atoms with E-state index >= 15 is 0 Å². The predicted molar refractivity (Wildman–Crippen MR) is 30.2 cm³/mol. The van der Waals surface area contributed by atoms with Crippen molar-refractivity contribution in [1.29, 1.82) is 0 Å². The molecule has 1 saturated carbocycles. The molecule has 0 unspecified atom stereocenters. The van der Waals surface area contributed by atoms with Gasteiger partial charge in [0.25, 0.3) is 0 Å². The highest BCUT2D eigenvalue weighted by Gasteiger charge is 2.29. The normalized spacial score (nSPS) is 21.8. The maximum atomic E-state index is 11.7. The van der Waals surface area contributed by atoms with E-state index in [4.69, 9.17) is 0 Å². The zero-order chi connectivity index (χ0) is 5.98. The lowest BCUT2D eigenvalue weighted by molar-refractivity contribution is 0.600. The molecular formula is C5H9BF2. The van der Waals surface area contributed by atoms with E-state index in [9.17, 15) is 8.63 Å². The molecule has 0 radical (unpaired) electrons. The van der Waals surface area contributed by atoms with Crippen LogP contribution >= 0.6 is 0 Å². The van der Waals surface area contributed by atoms with Gasteiger partial charge in [-0.1, -0.05) is 25.7 Å². The van der Waals surface area contributed by atoms with Crippen LogP contribution in [0.1, 0.15) is 25.7 Å². The first-order valence-corrected chi connectivity index (χ1v) is 3.09. The van der Waals surface area contributed by atoms with E-state index in [0.29, 0.717) is 0 Å². The second kappa shape index (κ2) is 2.47. The highest BCUT2D eigenvalue weighted by Crippen LogP contribution is 2.33. The van der Waals surface area contributed by atoms with Crippen LogP contribution in [-0.2, 0) is 0 Å². The van der Waals surface area contributed by atoms with Gasteiger partial charge in [0.15, 0.2) is 0 Å². The van der Waals surface area contributed by atoms with Crippen LogP contribution in [0.2, 0.25) is 5.82 Å². The Kier molecular flexibility index (Phi) is 1.87. The first kappa shape index (κ1) is 6.05. The summed E-state index contributed by atoms with van der Waals surface area (Å²) in [4.78, 5) is 0. The summed E-state index contributed by atoms with van der Waals surface area (Å²) < 4.78 is 23.5. The summed E-state index contributed by atoms with van der Waals surface area (Å²) in [6.07, 6.45) is 3.51. The van der Waals surface area contributed by atoms with Gasteiger partial charge in [-0.05, 0) is 0 Å². The van der Waals surface area contributed by atoms with Gasteiger partial charge >= 0.3 is 7.27 Å². The maximum absolute atomic E-state index is 11.7. The number of halogens is 2. The Labute approximate surface area is 48.4 Å².